The van der Waals surface area contributed by atoms with Gasteiger partial charge < -0.3 is 11.1 Å². The van der Waals surface area contributed by atoms with Crippen LogP contribution in [0.5, 0.6) is 0 Å². The van der Waals surface area contributed by atoms with Crippen LogP contribution in [-0.2, 0) is 0 Å². The molecule has 4 N–H and O–H groups in total. The summed E-state index contributed by atoms with van der Waals surface area (Å²) in [4.78, 5) is 14.4. The lowest BCUT2D eigenvalue weighted by atomic mass is 9.98. The summed E-state index contributed by atoms with van der Waals surface area (Å²) in [5.74, 6) is -0.163. The number of hydrogen-bond donors (Lipinski definition) is 3. The maximum Gasteiger partial charge on any atom is 0.271 e. The van der Waals surface area contributed by atoms with E-state index < -0.39 is 0 Å². The van der Waals surface area contributed by atoms with Crippen molar-refractivity contribution in [3.63, 3.8) is 0 Å². The van der Waals surface area contributed by atoms with Crippen LogP contribution in [0.2, 0.25) is 0 Å². The van der Waals surface area contributed by atoms with Gasteiger partial charge in [0.15, 0.2) is 0 Å². The van der Waals surface area contributed by atoms with Crippen LogP contribution in [0.3, 0.4) is 0 Å². The van der Waals surface area contributed by atoms with Crippen molar-refractivity contribution in [2.24, 2.45) is 0 Å². The molecule has 1 aliphatic rings. The van der Waals surface area contributed by atoms with E-state index in [0.29, 0.717) is 11.4 Å². The van der Waals surface area contributed by atoms with Crippen molar-refractivity contribution in [1.29, 1.82) is 0 Å². The molecular formula is C13H23N5O. The number of carbonyl (C=O) groups is 1. The van der Waals surface area contributed by atoms with Crippen molar-refractivity contribution in [3.8, 4) is 0 Å². The first kappa shape index (κ1) is 13.9. The fraction of sp³-hybridized carbons (Fsp3) is 0.692. The van der Waals surface area contributed by atoms with E-state index in [0.717, 1.165) is 25.9 Å². The lowest BCUT2D eigenvalue weighted by molar-refractivity contribution is 0.0810. The number of rotatable bonds is 2. The summed E-state index contributed by atoms with van der Waals surface area (Å²) in [6.45, 7) is 8.67. The molecule has 0 spiro atoms. The molecule has 0 radical (unpaired) electrons. The fourth-order valence-corrected chi connectivity index (χ4v) is 2.43. The van der Waals surface area contributed by atoms with Gasteiger partial charge in [-0.05, 0) is 33.6 Å². The highest BCUT2D eigenvalue weighted by Gasteiger charge is 2.28. The lowest BCUT2D eigenvalue weighted by Gasteiger charge is -2.41. The van der Waals surface area contributed by atoms with Crippen molar-refractivity contribution in [1.82, 2.24) is 20.4 Å². The van der Waals surface area contributed by atoms with Gasteiger partial charge in [-0.1, -0.05) is 0 Å². The van der Waals surface area contributed by atoms with Crippen LogP contribution in [0, 0.1) is 0 Å². The monoisotopic (exact) mass is 265 g/mol. The normalized spacial score (nSPS) is 18.5. The number of likely N-dealkylation sites (tertiary alicyclic amines) is 1. The number of H-pyrrole nitrogens is 1. The first-order chi connectivity index (χ1) is 8.88. The van der Waals surface area contributed by atoms with Gasteiger partial charge in [-0.25, -0.2) is 0 Å². The molecule has 0 unspecified atom stereocenters. The Balaban J connectivity index is 1.86. The number of aromatic amines is 1. The summed E-state index contributed by atoms with van der Waals surface area (Å²) in [5.41, 5.74) is 6.61. The van der Waals surface area contributed by atoms with Gasteiger partial charge in [0.1, 0.15) is 5.69 Å². The molecule has 1 saturated heterocycles. The Labute approximate surface area is 113 Å². The third kappa shape index (κ3) is 3.26. The van der Waals surface area contributed by atoms with E-state index in [1.807, 2.05) is 0 Å². The van der Waals surface area contributed by atoms with E-state index in [2.05, 4.69) is 41.2 Å². The van der Waals surface area contributed by atoms with Crippen molar-refractivity contribution in [2.45, 2.75) is 45.2 Å². The van der Waals surface area contributed by atoms with E-state index in [-0.39, 0.29) is 17.5 Å². The molecule has 6 heteroatoms. The van der Waals surface area contributed by atoms with Gasteiger partial charge in [0, 0.05) is 24.7 Å². The van der Waals surface area contributed by atoms with E-state index >= 15 is 0 Å². The second-order valence-corrected chi connectivity index (χ2v) is 6.11. The van der Waals surface area contributed by atoms with Gasteiger partial charge >= 0.3 is 0 Å². The van der Waals surface area contributed by atoms with Gasteiger partial charge in [-0.15, -0.1) is 0 Å². The predicted octanol–water partition coefficient (Wildman–Crippen LogP) is 0.985. The van der Waals surface area contributed by atoms with E-state index in [4.69, 9.17) is 5.73 Å². The summed E-state index contributed by atoms with van der Waals surface area (Å²) < 4.78 is 0. The van der Waals surface area contributed by atoms with Gasteiger partial charge in [0.05, 0.1) is 11.9 Å². The fourth-order valence-electron chi connectivity index (χ4n) is 2.43. The highest BCUT2D eigenvalue weighted by molar-refractivity contribution is 5.97. The molecule has 0 saturated carbocycles. The number of nitrogen functional groups attached to an aromatic ring is 1. The Morgan fingerprint density at radius 2 is 2.11 bits per heavy atom. The predicted molar refractivity (Wildman–Crippen MR) is 74.8 cm³/mol. The number of anilines is 1. The van der Waals surface area contributed by atoms with E-state index in [9.17, 15) is 4.79 Å². The van der Waals surface area contributed by atoms with Crippen molar-refractivity contribution in [3.05, 3.63) is 11.9 Å². The van der Waals surface area contributed by atoms with Crippen LogP contribution in [-0.4, -0.2) is 45.7 Å². The van der Waals surface area contributed by atoms with Crippen LogP contribution in [0.4, 0.5) is 5.69 Å². The molecule has 19 heavy (non-hydrogen) atoms. The molecule has 1 aliphatic heterocycles. The minimum absolute atomic E-state index is 0.163. The number of piperidine rings is 1. The number of carbonyl (C=O) groups excluding carboxylic acids is 1. The Hall–Kier alpha value is -1.56. The average molecular weight is 265 g/mol. The minimum atomic E-state index is -0.163. The minimum Gasteiger partial charge on any atom is -0.396 e. The molecule has 0 bridgehead atoms. The molecule has 1 amide bonds. The molecule has 106 valence electrons. The van der Waals surface area contributed by atoms with Gasteiger partial charge in [-0.2, -0.15) is 5.10 Å². The van der Waals surface area contributed by atoms with Crippen LogP contribution in [0.15, 0.2) is 6.20 Å². The molecule has 0 aliphatic carbocycles. The molecule has 1 fully saturated rings. The number of hydrogen-bond acceptors (Lipinski definition) is 4. The summed E-state index contributed by atoms with van der Waals surface area (Å²) in [6, 6.07) is 0.216. The maximum atomic E-state index is 12.0. The van der Waals surface area contributed by atoms with Crippen molar-refractivity contribution >= 4 is 11.6 Å². The van der Waals surface area contributed by atoms with Crippen LogP contribution in [0.1, 0.15) is 44.1 Å². The zero-order valence-electron chi connectivity index (χ0n) is 11.9. The average Bonchev–Trinajstić information content (AvgIpc) is 2.75. The summed E-state index contributed by atoms with van der Waals surface area (Å²) in [5, 5.41) is 9.41. The zero-order valence-corrected chi connectivity index (χ0v) is 11.9. The first-order valence-electron chi connectivity index (χ1n) is 6.72. The SMILES string of the molecule is CC(C)(C)N1CCC(NC(=O)c2[nH]ncc2N)CC1. The standard InChI is InChI=1S/C13H23N5O/c1-13(2,3)18-6-4-9(5-7-18)16-12(19)11-10(14)8-15-17-11/h8-9H,4-7,14H2,1-3H3,(H,15,17)(H,16,19). The largest absolute Gasteiger partial charge is 0.396 e. The van der Waals surface area contributed by atoms with Crippen LogP contribution in [0.25, 0.3) is 0 Å². The number of aromatic nitrogens is 2. The third-order valence-electron chi connectivity index (χ3n) is 3.67. The van der Waals surface area contributed by atoms with Gasteiger partial charge in [0.2, 0.25) is 0 Å². The molecule has 0 atom stereocenters. The molecule has 0 aromatic carbocycles. The summed E-state index contributed by atoms with van der Waals surface area (Å²) in [6.07, 6.45) is 3.39. The lowest BCUT2D eigenvalue weighted by Crippen LogP contribution is -2.50. The first-order valence-corrected chi connectivity index (χ1v) is 6.72. The maximum absolute atomic E-state index is 12.0. The molecule has 2 heterocycles. The van der Waals surface area contributed by atoms with Crippen molar-refractivity contribution < 1.29 is 4.79 Å². The quantitative estimate of drug-likeness (QED) is 0.744. The highest BCUT2D eigenvalue weighted by atomic mass is 16.2. The summed E-state index contributed by atoms with van der Waals surface area (Å²) >= 11 is 0. The molecule has 6 nitrogen and oxygen atoms in total. The Morgan fingerprint density at radius 3 is 2.58 bits per heavy atom. The van der Waals surface area contributed by atoms with Crippen LogP contribution >= 0.6 is 0 Å². The Morgan fingerprint density at radius 1 is 1.47 bits per heavy atom. The number of nitrogens with one attached hydrogen (secondary N) is 2. The number of nitrogens with zero attached hydrogens (tertiary/aromatic N) is 2. The summed E-state index contributed by atoms with van der Waals surface area (Å²) in [7, 11) is 0. The van der Waals surface area contributed by atoms with E-state index in [1.165, 1.54) is 6.20 Å². The Bertz CT molecular complexity index is 440. The number of nitrogens with two attached hydrogens (primary N) is 1. The van der Waals surface area contributed by atoms with E-state index in [1.54, 1.807) is 0 Å². The topological polar surface area (TPSA) is 87.0 Å². The highest BCUT2D eigenvalue weighted by Crippen LogP contribution is 2.20. The zero-order chi connectivity index (χ0) is 14.0. The Kier molecular flexibility index (Phi) is 3.80. The smallest absolute Gasteiger partial charge is 0.271 e. The second-order valence-electron chi connectivity index (χ2n) is 6.11. The number of amides is 1. The van der Waals surface area contributed by atoms with Gasteiger partial charge in [-0.3, -0.25) is 14.8 Å². The second kappa shape index (κ2) is 5.21. The molecule has 1 aromatic heterocycles. The van der Waals surface area contributed by atoms with Crippen LogP contribution < -0.4 is 11.1 Å². The van der Waals surface area contributed by atoms with Crippen molar-refractivity contribution in [2.75, 3.05) is 18.8 Å². The third-order valence-corrected chi connectivity index (χ3v) is 3.67. The van der Waals surface area contributed by atoms with Gasteiger partial charge in [0.25, 0.3) is 5.91 Å². The molecular weight excluding hydrogens is 242 g/mol. The molecule has 1 aromatic rings. The molecule has 2 rings (SSSR count).